The second kappa shape index (κ2) is 7.14. The lowest BCUT2D eigenvalue weighted by atomic mass is 10.1. The molecular weight excluding hydrogens is 343 g/mol. The van der Waals surface area contributed by atoms with Crippen molar-refractivity contribution in [1.82, 2.24) is 4.98 Å². The monoisotopic (exact) mass is 354 g/mol. The van der Waals surface area contributed by atoms with Crippen LogP contribution in [0.1, 0.15) is 16.1 Å². The number of nitrogens with zero attached hydrogens (tertiary/aromatic N) is 2. The zero-order valence-corrected chi connectivity index (χ0v) is 13.6. The van der Waals surface area contributed by atoms with Crippen LogP contribution in [0.5, 0.6) is 0 Å². The molecule has 3 rings (SSSR count). The lowest BCUT2D eigenvalue weighted by Crippen LogP contribution is -1.96. The average molecular weight is 354 g/mol. The third-order valence-corrected chi connectivity index (χ3v) is 4.27. The van der Waals surface area contributed by atoms with Crippen molar-refractivity contribution in [3.05, 3.63) is 87.2 Å². The molecule has 0 fully saturated rings. The molecule has 0 aliphatic rings. The molecule has 0 saturated heterocycles. The lowest BCUT2D eigenvalue weighted by molar-refractivity contribution is -0.384. The Labute approximate surface area is 146 Å². The highest BCUT2D eigenvalue weighted by atomic mass is 32.1. The van der Waals surface area contributed by atoms with Gasteiger partial charge in [0.15, 0.2) is 5.78 Å². The third-order valence-electron chi connectivity index (χ3n) is 3.36. The van der Waals surface area contributed by atoms with Crippen molar-refractivity contribution in [3.63, 3.8) is 0 Å². The number of ketones is 1. The van der Waals surface area contributed by atoms with Crippen LogP contribution in [0.3, 0.4) is 0 Å². The Morgan fingerprint density at radius 2 is 1.96 bits per heavy atom. The second-order valence-electron chi connectivity index (χ2n) is 5.09. The Balaban J connectivity index is 1.76. The molecule has 5 nitrogen and oxygen atoms in total. The molecule has 0 N–H and O–H groups in total. The molecule has 3 aromatic rings. The van der Waals surface area contributed by atoms with Gasteiger partial charge in [0.1, 0.15) is 10.8 Å². The van der Waals surface area contributed by atoms with Gasteiger partial charge in [-0.05, 0) is 36.4 Å². The Morgan fingerprint density at radius 3 is 2.68 bits per heavy atom. The summed E-state index contributed by atoms with van der Waals surface area (Å²) in [5, 5.41) is 13.2. The van der Waals surface area contributed by atoms with Gasteiger partial charge in [0, 0.05) is 28.6 Å². The van der Waals surface area contributed by atoms with Crippen molar-refractivity contribution >= 4 is 28.9 Å². The molecule has 2 aromatic carbocycles. The van der Waals surface area contributed by atoms with Crippen LogP contribution in [0.15, 0.2) is 60.0 Å². The molecule has 1 heterocycles. The minimum atomic E-state index is -0.546. The fraction of sp³-hybridized carbons (Fsp3) is 0. The smallest absolute Gasteiger partial charge is 0.270 e. The van der Waals surface area contributed by atoms with Crippen molar-refractivity contribution in [2.75, 3.05) is 0 Å². The SMILES string of the molecule is O=C(/C=C/c1csc(-c2ccc(F)cc2)n1)c1cccc([N+](=O)[O-])c1. The summed E-state index contributed by atoms with van der Waals surface area (Å²) in [6, 6.07) is 11.5. The van der Waals surface area contributed by atoms with Crippen LogP contribution >= 0.6 is 11.3 Å². The maximum absolute atomic E-state index is 12.9. The van der Waals surface area contributed by atoms with Gasteiger partial charge in [-0.3, -0.25) is 14.9 Å². The van der Waals surface area contributed by atoms with E-state index in [-0.39, 0.29) is 22.9 Å². The molecular formula is C18H11FN2O3S. The van der Waals surface area contributed by atoms with Crippen LogP contribution in [0.4, 0.5) is 10.1 Å². The molecule has 7 heteroatoms. The standard InChI is InChI=1S/C18H11FN2O3S/c19-14-6-4-12(5-7-14)18-20-15(11-25-18)8-9-17(22)13-2-1-3-16(10-13)21(23)24/h1-11H/b9-8+. The van der Waals surface area contributed by atoms with Gasteiger partial charge in [-0.2, -0.15) is 0 Å². The van der Waals surface area contributed by atoms with E-state index >= 15 is 0 Å². The van der Waals surface area contributed by atoms with Gasteiger partial charge < -0.3 is 0 Å². The Kier molecular flexibility index (Phi) is 4.76. The van der Waals surface area contributed by atoms with E-state index in [1.165, 1.54) is 53.8 Å². The van der Waals surface area contributed by atoms with Crippen LogP contribution in [-0.2, 0) is 0 Å². The van der Waals surface area contributed by atoms with E-state index < -0.39 is 4.92 Å². The van der Waals surface area contributed by atoms with E-state index in [2.05, 4.69) is 4.98 Å². The quantitative estimate of drug-likeness (QED) is 0.287. The molecule has 0 spiro atoms. The number of allylic oxidation sites excluding steroid dienone is 1. The average Bonchev–Trinajstić information content (AvgIpc) is 3.09. The number of nitro groups is 1. The van der Waals surface area contributed by atoms with Gasteiger partial charge in [0.25, 0.3) is 5.69 Å². The number of halogens is 1. The summed E-state index contributed by atoms with van der Waals surface area (Å²) in [4.78, 5) is 26.7. The van der Waals surface area contributed by atoms with Crippen molar-refractivity contribution < 1.29 is 14.1 Å². The first-order chi connectivity index (χ1) is 12.0. The van der Waals surface area contributed by atoms with Crippen molar-refractivity contribution in [3.8, 4) is 10.6 Å². The summed E-state index contributed by atoms with van der Waals surface area (Å²) in [7, 11) is 0. The topological polar surface area (TPSA) is 73.1 Å². The maximum atomic E-state index is 12.9. The molecule has 0 atom stereocenters. The number of non-ortho nitro benzene ring substituents is 1. The summed E-state index contributed by atoms with van der Waals surface area (Å²) in [5.74, 6) is -0.664. The predicted molar refractivity (Wildman–Crippen MR) is 94.0 cm³/mol. The highest BCUT2D eigenvalue weighted by Gasteiger charge is 2.10. The summed E-state index contributed by atoms with van der Waals surface area (Å²) < 4.78 is 12.9. The number of carbonyl (C=O) groups excluding carboxylic acids is 1. The van der Waals surface area contributed by atoms with Gasteiger partial charge in [-0.1, -0.05) is 12.1 Å². The summed E-state index contributed by atoms with van der Waals surface area (Å²) >= 11 is 1.38. The van der Waals surface area contributed by atoms with Gasteiger partial charge in [0.2, 0.25) is 0 Å². The number of nitro benzene ring substituents is 1. The molecule has 0 aliphatic heterocycles. The molecule has 1 aromatic heterocycles. The summed E-state index contributed by atoms with van der Waals surface area (Å²) in [6.45, 7) is 0. The van der Waals surface area contributed by atoms with E-state index in [1.54, 1.807) is 23.6 Å². The van der Waals surface area contributed by atoms with Gasteiger partial charge in [-0.25, -0.2) is 9.37 Å². The fourth-order valence-electron chi connectivity index (χ4n) is 2.12. The van der Waals surface area contributed by atoms with Crippen LogP contribution in [0, 0.1) is 15.9 Å². The van der Waals surface area contributed by atoms with Gasteiger partial charge >= 0.3 is 0 Å². The fourth-order valence-corrected chi connectivity index (χ4v) is 2.91. The number of thiazole rings is 1. The molecule has 0 saturated carbocycles. The molecule has 124 valence electrons. The number of carbonyl (C=O) groups is 1. The first-order valence-electron chi connectivity index (χ1n) is 7.21. The Morgan fingerprint density at radius 1 is 1.20 bits per heavy atom. The second-order valence-corrected chi connectivity index (χ2v) is 5.95. The van der Waals surface area contributed by atoms with Gasteiger partial charge in [0.05, 0.1) is 10.6 Å². The van der Waals surface area contributed by atoms with Crippen LogP contribution < -0.4 is 0 Å². The van der Waals surface area contributed by atoms with Crippen LogP contribution in [0.2, 0.25) is 0 Å². The van der Waals surface area contributed by atoms with Crippen molar-refractivity contribution in [2.24, 2.45) is 0 Å². The van der Waals surface area contributed by atoms with Crippen molar-refractivity contribution in [1.29, 1.82) is 0 Å². The highest BCUT2D eigenvalue weighted by Crippen LogP contribution is 2.24. The predicted octanol–water partition coefficient (Wildman–Crippen LogP) is 4.75. The van der Waals surface area contributed by atoms with E-state index in [0.717, 1.165) is 5.56 Å². The van der Waals surface area contributed by atoms with E-state index in [0.29, 0.717) is 10.7 Å². The first kappa shape index (κ1) is 16.7. The largest absolute Gasteiger partial charge is 0.289 e. The van der Waals surface area contributed by atoms with E-state index in [9.17, 15) is 19.3 Å². The van der Waals surface area contributed by atoms with E-state index in [1.807, 2.05) is 0 Å². The normalized spacial score (nSPS) is 10.9. The molecule has 0 bridgehead atoms. The van der Waals surface area contributed by atoms with Crippen LogP contribution in [0.25, 0.3) is 16.6 Å². The van der Waals surface area contributed by atoms with E-state index in [4.69, 9.17) is 0 Å². The molecule has 0 unspecified atom stereocenters. The molecule has 0 aliphatic carbocycles. The zero-order chi connectivity index (χ0) is 17.8. The number of hydrogen-bond donors (Lipinski definition) is 0. The summed E-state index contributed by atoms with van der Waals surface area (Å²) in [5.41, 5.74) is 1.48. The van der Waals surface area contributed by atoms with Gasteiger partial charge in [-0.15, -0.1) is 11.3 Å². The first-order valence-corrected chi connectivity index (χ1v) is 8.09. The number of rotatable bonds is 5. The summed E-state index contributed by atoms with van der Waals surface area (Å²) in [6.07, 6.45) is 2.87. The molecule has 0 amide bonds. The minimum absolute atomic E-state index is 0.133. The molecule has 0 radical (unpaired) electrons. The Hall–Kier alpha value is -3.19. The van der Waals surface area contributed by atoms with Crippen LogP contribution in [-0.4, -0.2) is 15.7 Å². The van der Waals surface area contributed by atoms with Crippen molar-refractivity contribution in [2.45, 2.75) is 0 Å². The lowest BCUT2D eigenvalue weighted by Gasteiger charge is -1.96. The maximum Gasteiger partial charge on any atom is 0.270 e. The Bertz CT molecular complexity index is 964. The number of aromatic nitrogens is 1. The zero-order valence-electron chi connectivity index (χ0n) is 12.8. The highest BCUT2D eigenvalue weighted by molar-refractivity contribution is 7.13. The number of benzene rings is 2. The minimum Gasteiger partial charge on any atom is -0.289 e. The number of hydrogen-bond acceptors (Lipinski definition) is 5. The third kappa shape index (κ3) is 4.02. The molecule has 25 heavy (non-hydrogen) atoms.